The van der Waals surface area contributed by atoms with Crippen LogP contribution in [0, 0.1) is 5.92 Å². The normalized spacial score (nSPS) is 15.9. The average Bonchev–Trinajstić information content (AvgIpc) is 4.02. The van der Waals surface area contributed by atoms with Gasteiger partial charge in [0.2, 0.25) is 41.4 Å². The SMILES string of the molecule is CCC(C)=O.CCCC(=O)[C@H](CCCCNC(=O)CCCC(=O)NCCOCCOCC(=O)NCCOCCOCC(=O)NCCCC[C@H](CC)C(N)=O)NC(=O)CCCC[C@@H]1SC[C@@H]2NC(=O)N[C@@H]21.CCCC[C@H](NCC(C)=O)C(N)=O. The average molecular weight is 1200 g/mol. The van der Waals surface area contributed by atoms with Gasteiger partial charge in [-0.25, -0.2) is 4.79 Å². The first-order valence-electron chi connectivity index (χ1n) is 30.0. The van der Waals surface area contributed by atoms with E-state index in [-0.39, 0.29) is 168 Å². The zero-order valence-electron chi connectivity index (χ0n) is 50.7. The van der Waals surface area contributed by atoms with Gasteiger partial charge in [0, 0.05) is 75.2 Å². The topological polar surface area (TPSA) is 373 Å². The van der Waals surface area contributed by atoms with Crippen LogP contribution in [-0.2, 0) is 66.9 Å². The van der Waals surface area contributed by atoms with Gasteiger partial charge in [0.05, 0.1) is 70.4 Å². The second kappa shape index (κ2) is 51.2. The summed E-state index contributed by atoms with van der Waals surface area (Å²) in [7, 11) is 0. The zero-order valence-corrected chi connectivity index (χ0v) is 51.5. The molecule has 0 spiro atoms. The Labute approximate surface area is 497 Å². The van der Waals surface area contributed by atoms with E-state index < -0.39 is 6.04 Å². The maximum atomic E-state index is 12.7. The molecule has 83 heavy (non-hydrogen) atoms. The van der Waals surface area contributed by atoms with Crippen LogP contribution in [0.2, 0.25) is 0 Å². The molecule has 26 heteroatoms. The van der Waals surface area contributed by atoms with E-state index in [2.05, 4.69) is 42.5 Å². The standard InChI is InChI=1S/C44H78N8O12S.C9H18N2O2.C4H8O/c1-3-12-35(53)33(50-39(56)16-6-5-15-36-42-34(31-65-36)51-44(60)52-42)14-8-10-19-46-37(54)17-11-18-38(55)48-21-23-61-25-28-64-30-41(58)49-22-24-62-26-27-63-29-40(57)47-20-9-7-13-32(4-2)43(45)59;1-3-4-5-8(9(10)13)11-6-7(2)12;1-3-4(2)5/h32-34,36,42H,3-31H2,1-2H3,(H2,45,59)(H,46,54)(H,47,57)(H,48,55)(H,49,58)(H,50,56)(H2,51,52,60);8,11H,3-6H2,1-2H3,(H2,10,13);3H2,1-2H3/t32-,33-,34-,36-,42-;8-;/m00./s1. The minimum absolute atomic E-state index is 0.0164. The Morgan fingerprint density at radius 3 is 1.61 bits per heavy atom. The Morgan fingerprint density at radius 2 is 1.08 bits per heavy atom. The highest BCUT2D eigenvalue weighted by Crippen LogP contribution is 2.33. The molecule has 9 amide bonds. The molecule has 0 aromatic carbocycles. The fourth-order valence-corrected chi connectivity index (χ4v) is 9.81. The Bertz CT molecular complexity index is 1900. The van der Waals surface area contributed by atoms with Crippen molar-refractivity contribution in [3.05, 3.63) is 0 Å². The van der Waals surface area contributed by atoms with Gasteiger partial charge in [-0.2, -0.15) is 11.8 Å². The summed E-state index contributed by atoms with van der Waals surface area (Å²) in [5.41, 5.74) is 10.5. The first kappa shape index (κ1) is 77.7. The van der Waals surface area contributed by atoms with Gasteiger partial charge in [0.25, 0.3) is 0 Å². The van der Waals surface area contributed by atoms with E-state index in [1.807, 2.05) is 39.5 Å². The van der Waals surface area contributed by atoms with Gasteiger partial charge in [-0.3, -0.25) is 48.5 Å². The number of ether oxygens (including phenoxy) is 4. The van der Waals surface area contributed by atoms with Crippen molar-refractivity contribution in [2.75, 3.05) is 91.3 Å². The summed E-state index contributed by atoms with van der Waals surface area (Å²) >= 11 is 1.85. The van der Waals surface area contributed by atoms with Gasteiger partial charge in [-0.1, -0.05) is 53.4 Å². The molecular weight excluding hydrogens is 1100 g/mol. The van der Waals surface area contributed by atoms with Crippen LogP contribution < -0.4 is 54.0 Å². The van der Waals surface area contributed by atoms with Crippen LogP contribution in [0.5, 0.6) is 0 Å². The molecule has 0 aromatic rings. The zero-order chi connectivity index (χ0) is 62.0. The molecule has 2 aliphatic heterocycles. The molecule has 25 nitrogen and oxygen atoms in total. The number of nitrogens with two attached hydrogens (primary N) is 2. The molecule has 0 unspecified atom stereocenters. The number of nitrogens with one attached hydrogen (secondary N) is 8. The van der Waals surface area contributed by atoms with E-state index in [9.17, 15) is 52.7 Å². The lowest BCUT2D eigenvalue weighted by atomic mass is 9.99. The number of Topliss-reactive ketones (excluding diaryl/α,β-unsaturated/α-hetero) is 3. The van der Waals surface area contributed by atoms with E-state index in [0.717, 1.165) is 50.7 Å². The minimum atomic E-state index is -0.536. The van der Waals surface area contributed by atoms with Gasteiger partial charge < -0.3 is 72.4 Å². The molecule has 0 radical (unpaired) electrons. The lowest BCUT2D eigenvalue weighted by molar-refractivity contribution is -0.128. The van der Waals surface area contributed by atoms with Crippen molar-refractivity contribution in [1.82, 2.24) is 42.5 Å². The lowest BCUT2D eigenvalue weighted by Crippen LogP contribution is -2.43. The number of carbonyl (C=O) groups is 11. The highest BCUT2D eigenvalue weighted by molar-refractivity contribution is 8.00. The molecule has 2 saturated heterocycles. The summed E-state index contributed by atoms with van der Waals surface area (Å²) in [5, 5.41) is 23.1. The molecule has 478 valence electrons. The first-order chi connectivity index (χ1) is 39.8. The van der Waals surface area contributed by atoms with Crippen molar-refractivity contribution in [3.63, 3.8) is 0 Å². The highest BCUT2D eigenvalue weighted by atomic mass is 32.2. The Morgan fingerprint density at radius 1 is 0.554 bits per heavy atom. The monoisotopic (exact) mass is 1200 g/mol. The molecule has 2 heterocycles. The van der Waals surface area contributed by atoms with Crippen LogP contribution in [-0.4, -0.2) is 185 Å². The van der Waals surface area contributed by atoms with E-state index in [4.69, 9.17) is 30.4 Å². The van der Waals surface area contributed by atoms with Crippen LogP contribution >= 0.6 is 11.8 Å². The predicted molar refractivity (Wildman–Crippen MR) is 318 cm³/mol. The Kier molecular flexibility index (Phi) is 47.9. The van der Waals surface area contributed by atoms with Crippen molar-refractivity contribution in [2.45, 2.75) is 199 Å². The van der Waals surface area contributed by atoms with Gasteiger partial charge in [-0.05, 0) is 84.5 Å². The number of thioether (sulfide) groups is 1. The minimum Gasteiger partial charge on any atom is -0.377 e. The number of unbranched alkanes of at least 4 members (excludes halogenated alkanes) is 4. The summed E-state index contributed by atoms with van der Waals surface area (Å²) < 4.78 is 21.4. The van der Waals surface area contributed by atoms with Crippen molar-refractivity contribution in [3.8, 4) is 0 Å². The largest absolute Gasteiger partial charge is 0.377 e. The Balaban J connectivity index is 0.00000319. The van der Waals surface area contributed by atoms with Crippen molar-refractivity contribution < 1.29 is 71.7 Å². The fraction of sp³-hybridized carbons (Fsp3) is 0.807. The van der Waals surface area contributed by atoms with E-state index in [1.165, 1.54) is 6.92 Å². The van der Waals surface area contributed by atoms with Gasteiger partial charge in [-0.15, -0.1) is 0 Å². The van der Waals surface area contributed by atoms with Crippen molar-refractivity contribution in [1.29, 1.82) is 0 Å². The van der Waals surface area contributed by atoms with E-state index in [1.54, 1.807) is 6.92 Å². The first-order valence-corrected chi connectivity index (χ1v) is 31.0. The van der Waals surface area contributed by atoms with Gasteiger partial charge >= 0.3 is 6.03 Å². The molecule has 2 rings (SSSR count). The molecular formula is C57H104N10O15S. The van der Waals surface area contributed by atoms with Gasteiger partial charge in [0.15, 0.2) is 5.78 Å². The van der Waals surface area contributed by atoms with Crippen LogP contribution in [0.25, 0.3) is 0 Å². The predicted octanol–water partition coefficient (Wildman–Crippen LogP) is 2.31. The molecule has 6 atom stereocenters. The van der Waals surface area contributed by atoms with Crippen LogP contribution in [0.3, 0.4) is 0 Å². The number of rotatable bonds is 49. The van der Waals surface area contributed by atoms with Crippen LogP contribution in [0.1, 0.15) is 170 Å². The second-order valence-corrected chi connectivity index (χ2v) is 21.8. The maximum absolute atomic E-state index is 12.7. The second-order valence-electron chi connectivity index (χ2n) is 20.5. The van der Waals surface area contributed by atoms with Gasteiger partial charge in [0.1, 0.15) is 24.8 Å². The molecule has 0 aliphatic carbocycles. The summed E-state index contributed by atoms with van der Waals surface area (Å²) in [6.45, 7) is 13.8. The number of carbonyl (C=O) groups excluding carboxylic acids is 11. The summed E-state index contributed by atoms with van der Waals surface area (Å²) in [6, 6.07) is -0.665. The van der Waals surface area contributed by atoms with E-state index in [0.29, 0.717) is 95.5 Å². The lowest BCUT2D eigenvalue weighted by Gasteiger charge is -2.18. The third-order valence-electron chi connectivity index (χ3n) is 13.2. The number of ketones is 3. The molecule has 0 aromatic heterocycles. The number of primary amides is 2. The molecule has 0 bridgehead atoms. The van der Waals surface area contributed by atoms with Crippen LogP contribution in [0.4, 0.5) is 4.79 Å². The van der Waals surface area contributed by atoms with E-state index >= 15 is 0 Å². The summed E-state index contributed by atoms with van der Waals surface area (Å²) in [5.74, 6) is -0.579. The third-order valence-corrected chi connectivity index (χ3v) is 14.7. The smallest absolute Gasteiger partial charge is 0.315 e. The van der Waals surface area contributed by atoms with Crippen molar-refractivity contribution >= 4 is 76.5 Å². The number of hydrogen-bond donors (Lipinski definition) is 10. The van der Waals surface area contributed by atoms with Crippen LogP contribution in [0.15, 0.2) is 0 Å². The maximum Gasteiger partial charge on any atom is 0.315 e. The number of amides is 9. The summed E-state index contributed by atoms with van der Waals surface area (Å²) in [4.78, 5) is 128. The number of hydrogen-bond acceptors (Lipinski definition) is 17. The third kappa shape index (κ3) is 44.0. The summed E-state index contributed by atoms with van der Waals surface area (Å²) in [6.07, 6.45) is 12.9. The quantitative estimate of drug-likeness (QED) is 0.0309. The Hall–Kier alpha value is -5.28. The molecule has 2 fully saturated rings. The number of urea groups is 1. The highest BCUT2D eigenvalue weighted by Gasteiger charge is 2.42. The molecule has 12 N–H and O–H groups in total. The van der Waals surface area contributed by atoms with Crippen molar-refractivity contribution in [2.24, 2.45) is 17.4 Å². The molecule has 2 aliphatic rings. The number of fused-ring (bicyclic) bond motifs is 1. The fourth-order valence-electron chi connectivity index (χ4n) is 8.27. The molecule has 0 saturated carbocycles.